The first kappa shape index (κ1) is 13.1. The summed E-state index contributed by atoms with van der Waals surface area (Å²) in [4.78, 5) is 0. The van der Waals surface area contributed by atoms with Crippen LogP contribution in [0, 0.1) is 0 Å². The second-order valence-corrected chi connectivity index (χ2v) is 4.62. The van der Waals surface area contributed by atoms with E-state index < -0.39 is 0 Å². The fraction of sp³-hybridized carbons (Fsp3) is 0.286. The van der Waals surface area contributed by atoms with Crippen LogP contribution in [0.4, 0.5) is 0 Å². The van der Waals surface area contributed by atoms with Crippen molar-refractivity contribution in [2.24, 2.45) is 0 Å². The molecule has 0 saturated heterocycles. The van der Waals surface area contributed by atoms with Crippen molar-refractivity contribution >= 4 is 11.6 Å². The van der Waals surface area contributed by atoms with Gasteiger partial charge in [-0.25, -0.2) is 0 Å². The van der Waals surface area contributed by atoms with E-state index in [-0.39, 0.29) is 12.6 Å². The molecule has 0 amide bonds. The van der Waals surface area contributed by atoms with E-state index in [4.69, 9.17) is 21.1 Å². The summed E-state index contributed by atoms with van der Waals surface area (Å²) in [7, 11) is 0. The first-order valence-electron chi connectivity index (χ1n) is 5.86. The molecule has 2 aromatic rings. The number of aliphatic hydroxyl groups is 1. The van der Waals surface area contributed by atoms with Crippen LogP contribution in [0.3, 0.4) is 0 Å². The fourth-order valence-electron chi connectivity index (χ4n) is 1.73. The molecule has 0 saturated carbocycles. The molecule has 2 rings (SSSR count). The molecule has 1 heterocycles. The highest BCUT2D eigenvalue weighted by Gasteiger charge is 2.06. The van der Waals surface area contributed by atoms with Crippen LogP contribution >= 0.6 is 11.6 Å². The van der Waals surface area contributed by atoms with Gasteiger partial charge in [-0.3, -0.25) is 0 Å². The lowest BCUT2D eigenvalue weighted by atomic mass is 10.1. The Bertz CT molecular complexity index is 493. The highest BCUT2D eigenvalue weighted by atomic mass is 35.5. The van der Waals surface area contributed by atoms with Crippen LogP contribution in [0.5, 0.6) is 0 Å². The predicted octanol–water partition coefficient (Wildman–Crippen LogP) is 3.28. The fourth-order valence-corrected chi connectivity index (χ4v) is 1.85. The lowest BCUT2D eigenvalue weighted by Crippen LogP contribution is -2.17. The largest absolute Gasteiger partial charge is 0.462 e. The first-order valence-corrected chi connectivity index (χ1v) is 6.24. The van der Waals surface area contributed by atoms with Crippen molar-refractivity contribution in [2.45, 2.75) is 26.1 Å². The molecule has 2 N–H and O–H groups in total. The zero-order valence-corrected chi connectivity index (χ0v) is 10.9. The van der Waals surface area contributed by atoms with E-state index in [1.165, 1.54) is 5.56 Å². The van der Waals surface area contributed by atoms with Gasteiger partial charge in [-0.05, 0) is 36.8 Å². The molecule has 0 aliphatic heterocycles. The number of benzene rings is 1. The molecule has 96 valence electrons. The van der Waals surface area contributed by atoms with E-state index in [0.29, 0.717) is 12.3 Å². The summed E-state index contributed by atoms with van der Waals surface area (Å²) in [6, 6.07) is 11.6. The van der Waals surface area contributed by atoms with Gasteiger partial charge in [0, 0.05) is 11.1 Å². The maximum absolute atomic E-state index is 8.91. The quantitative estimate of drug-likeness (QED) is 0.872. The Morgan fingerprint density at radius 1 is 1.17 bits per heavy atom. The zero-order chi connectivity index (χ0) is 13.0. The molecule has 1 aromatic heterocycles. The molecule has 0 bridgehead atoms. The second kappa shape index (κ2) is 6.05. The Labute approximate surface area is 111 Å². The third-order valence-corrected chi connectivity index (χ3v) is 3.08. The van der Waals surface area contributed by atoms with Crippen molar-refractivity contribution in [2.75, 3.05) is 0 Å². The molecule has 0 aliphatic carbocycles. The van der Waals surface area contributed by atoms with E-state index in [1.54, 1.807) is 6.07 Å². The maximum atomic E-state index is 8.91. The highest BCUT2D eigenvalue weighted by molar-refractivity contribution is 6.30. The van der Waals surface area contributed by atoms with Crippen molar-refractivity contribution in [3.63, 3.8) is 0 Å². The number of aliphatic hydroxyl groups excluding tert-OH is 1. The Morgan fingerprint density at radius 3 is 2.44 bits per heavy atom. The SMILES string of the molecule is CC(NCc1ccc(CO)o1)c1ccc(Cl)cc1. The highest BCUT2D eigenvalue weighted by Crippen LogP contribution is 2.17. The van der Waals surface area contributed by atoms with Crippen LogP contribution in [-0.4, -0.2) is 5.11 Å². The van der Waals surface area contributed by atoms with Crippen LogP contribution < -0.4 is 5.32 Å². The van der Waals surface area contributed by atoms with Crippen LogP contribution in [0.15, 0.2) is 40.8 Å². The van der Waals surface area contributed by atoms with Gasteiger partial charge < -0.3 is 14.8 Å². The normalized spacial score (nSPS) is 12.6. The smallest absolute Gasteiger partial charge is 0.129 e. The molecule has 0 radical (unpaired) electrons. The topological polar surface area (TPSA) is 45.4 Å². The molecule has 0 spiro atoms. The van der Waals surface area contributed by atoms with Gasteiger partial charge in [-0.15, -0.1) is 0 Å². The van der Waals surface area contributed by atoms with Gasteiger partial charge in [-0.1, -0.05) is 23.7 Å². The summed E-state index contributed by atoms with van der Waals surface area (Å²) in [5, 5.41) is 13.0. The minimum Gasteiger partial charge on any atom is -0.462 e. The van der Waals surface area contributed by atoms with Crippen LogP contribution in [0.2, 0.25) is 5.02 Å². The van der Waals surface area contributed by atoms with Crippen molar-refractivity contribution in [3.05, 3.63) is 58.5 Å². The third-order valence-electron chi connectivity index (χ3n) is 2.83. The predicted molar refractivity (Wildman–Crippen MR) is 71.3 cm³/mol. The van der Waals surface area contributed by atoms with Crippen molar-refractivity contribution < 1.29 is 9.52 Å². The number of nitrogens with one attached hydrogen (secondary N) is 1. The maximum Gasteiger partial charge on any atom is 0.129 e. The van der Waals surface area contributed by atoms with Crippen LogP contribution in [0.1, 0.15) is 30.0 Å². The van der Waals surface area contributed by atoms with Crippen molar-refractivity contribution in [1.29, 1.82) is 0 Å². The molecular weight excluding hydrogens is 250 g/mol. The van der Waals surface area contributed by atoms with Gasteiger partial charge in [0.2, 0.25) is 0 Å². The molecular formula is C14H16ClNO2. The average molecular weight is 266 g/mol. The van der Waals surface area contributed by atoms with Gasteiger partial charge in [0.05, 0.1) is 6.54 Å². The number of halogens is 1. The number of rotatable bonds is 5. The molecule has 18 heavy (non-hydrogen) atoms. The Kier molecular flexibility index (Phi) is 4.42. The molecule has 1 aromatic carbocycles. The minimum atomic E-state index is -0.0628. The molecule has 3 nitrogen and oxygen atoms in total. The molecule has 1 unspecified atom stereocenters. The average Bonchev–Trinajstić information content (AvgIpc) is 2.85. The molecule has 1 atom stereocenters. The third kappa shape index (κ3) is 3.35. The Balaban J connectivity index is 1.91. The summed E-state index contributed by atoms with van der Waals surface area (Å²) < 4.78 is 5.40. The van der Waals surface area contributed by atoms with Crippen molar-refractivity contribution in [1.82, 2.24) is 5.32 Å². The molecule has 0 fully saturated rings. The summed E-state index contributed by atoms with van der Waals surface area (Å²) in [5.41, 5.74) is 1.17. The summed E-state index contributed by atoms with van der Waals surface area (Å²) in [6.45, 7) is 2.65. The number of hydrogen-bond donors (Lipinski definition) is 2. The van der Waals surface area contributed by atoms with Gasteiger partial charge in [0.25, 0.3) is 0 Å². The van der Waals surface area contributed by atoms with Crippen LogP contribution in [-0.2, 0) is 13.2 Å². The van der Waals surface area contributed by atoms with Crippen LogP contribution in [0.25, 0.3) is 0 Å². The molecule has 0 aliphatic rings. The summed E-state index contributed by atoms with van der Waals surface area (Å²) >= 11 is 5.85. The lowest BCUT2D eigenvalue weighted by molar-refractivity contribution is 0.242. The zero-order valence-electron chi connectivity index (χ0n) is 10.2. The summed E-state index contributed by atoms with van der Waals surface area (Å²) in [5.74, 6) is 1.41. The van der Waals surface area contributed by atoms with Gasteiger partial charge in [0.1, 0.15) is 18.1 Å². The van der Waals surface area contributed by atoms with Gasteiger partial charge >= 0.3 is 0 Å². The van der Waals surface area contributed by atoms with E-state index in [1.807, 2.05) is 30.3 Å². The Morgan fingerprint density at radius 2 is 1.83 bits per heavy atom. The summed E-state index contributed by atoms with van der Waals surface area (Å²) in [6.07, 6.45) is 0. The Hall–Kier alpha value is -1.29. The van der Waals surface area contributed by atoms with E-state index in [0.717, 1.165) is 10.8 Å². The number of hydrogen-bond acceptors (Lipinski definition) is 3. The standard InChI is InChI=1S/C14H16ClNO2/c1-10(11-2-4-12(15)5-3-11)16-8-13-6-7-14(9-17)18-13/h2-7,10,16-17H,8-9H2,1H3. The molecule has 4 heteroatoms. The van der Waals surface area contributed by atoms with E-state index in [2.05, 4.69) is 12.2 Å². The van der Waals surface area contributed by atoms with E-state index >= 15 is 0 Å². The van der Waals surface area contributed by atoms with E-state index in [9.17, 15) is 0 Å². The number of furan rings is 1. The van der Waals surface area contributed by atoms with Crippen molar-refractivity contribution in [3.8, 4) is 0 Å². The first-order chi connectivity index (χ1) is 8.69. The monoisotopic (exact) mass is 265 g/mol. The lowest BCUT2D eigenvalue weighted by Gasteiger charge is -2.13. The minimum absolute atomic E-state index is 0.0628. The van der Waals surface area contributed by atoms with Gasteiger partial charge in [-0.2, -0.15) is 0 Å². The second-order valence-electron chi connectivity index (χ2n) is 4.18. The van der Waals surface area contributed by atoms with Gasteiger partial charge in [0.15, 0.2) is 0 Å².